The molecule has 0 bridgehead atoms. The average molecular weight is 881 g/mol. The topological polar surface area (TPSA) is 189 Å². The molecule has 2 aromatic heterocycles. The number of ether oxygens (including phenoxy) is 4. The van der Waals surface area contributed by atoms with Gasteiger partial charge in [0, 0.05) is 47.2 Å². The molecule has 66 heavy (non-hydrogen) atoms. The predicted octanol–water partition coefficient (Wildman–Crippen LogP) is 9.57. The maximum atomic E-state index is 12.3. The Kier molecular flexibility index (Phi) is 14.5. The van der Waals surface area contributed by atoms with Gasteiger partial charge in [-0.15, -0.1) is 0 Å². The van der Waals surface area contributed by atoms with Gasteiger partial charge in [0.2, 0.25) is 0 Å². The van der Waals surface area contributed by atoms with Crippen molar-refractivity contribution < 1.29 is 38.7 Å². The van der Waals surface area contributed by atoms with Gasteiger partial charge in [0.15, 0.2) is 34.9 Å². The summed E-state index contributed by atoms with van der Waals surface area (Å²) in [5.74, 6) is 2.23. The highest BCUT2D eigenvalue weighted by atomic mass is 16.6. The number of hydrogen-bond acceptors (Lipinski definition) is 14. The van der Waals surface area contributed by atoms with E-state index in [4.69, 9.17) is 18.9 Å². The zero-order valence-electron chi connectivity index (χ0n) is 35.7. The second-order valence-corrected chi connectivity index (χ2v) is 14.8. The number of benzene rings is 6. The zero-order valence-corrected chi connectivity index (χ0v) is 35.7. The van der Waals surface area contributed by atoms with Crippen molar-refractivity contribution >= 4 is 11.9 Å². The molecule has 6 aromatic carbocycles. The molecule has 0 spiro atoms. The van der Waals surface area contributed by atoms with Gasteiger partial charge in [0.1, 0.15) is 49.4 Å². The van der Waals surface area contributed by atoms with E-state index in [0.29, 0.717) is 70.4 Å². The average Bonchev–Trinajstić information content (AvgIpc) is 3.36. The van der Waals surface area contributed by atoms with Gasteiger partial charge in [-0.05, 0) is 37.1 Å². The zero-order chi connectivity index (χ0) is 45.5. The summed E-state index contributed by atoms with van der Waals surface area (Å²) in [6, 6.07) is 47.8. The van der Waals surface area contributed by atoms with E-state index >= 15 is 0 Å². The minimum atomic E-state index is -0.421. The molecule has 0 atom stereocenters. The highest BCUT2D eigenvalue weighted by Gasteiger charge is 2.17. The Labute approximate surface area is 380 Å². The summed E-state index contributed by atoms with van der Waals surface area (Å²) in [5.41, 5.74) is 4.05. The molecule has 0 aliphatic carbocycles. The Hall–Kier alpha value is -8.52. The molecule has 0 radical (unpaired) electrons. The van der Waals surface area contributed by atoms with E-state index in [1.54, 1.807) is 24.3 Å². The number of phenols is 2. The number of rotatable bonds is 19. The Morgan fingerprint density at radius 2 is 0.682 bits per heavy atom. The molecule has 0 saturated heterocycles. The number of esters is 2. The van der Waals surface area contributed by atoms with Crippen LogP contribution in [0, 0.1) is 0 Å². The summed E-state index contributed by atoms with van der Waals surface area (Å²) in [7, 11) is 0. The molecule has 2 heterocycles. The summed E-state index contributed by atoms with van der Waals surface area (Å²) in [6.07, 6.45) is 1.11. The van der Waals surface area contributed by atoms with Crippen LogP contribution >= 0.6 is 0 Å². The molecule has 0 unspecified atom stereocenters. The molecule has 0 saturated carbocycles. The fourth-order valence-electron chi connectivity index (χ4n) is 6.75. The maximum absolute atomic E-state index is 12.3. The van der Waals surface area contributed by atoms with Crippen molar-refractivity contribution in [2.24, 2.45) is 0 Å². The van der Waals surface area contributed by atoms with Crippen LogP contribution in [0.15, 0.2) is 158 Å². The summed E-state index contributed by atoms with van der Waals surface area (Å²) >= 11 is 0. The Balaban J connectivity index is 0.739. The van der Waals surface area contributed by atoms with Crippen LogP contribution in [0.3, 0.4) is 0 Å². The largest absolute Gasteiger partial charge is 0.507 e. The number of phenolic OH excluding ortho intramolecular Hbond substituents is 2. The summed E-state index contributed by atoms with van der Waals surface area (Å²) in [6.45, 7) is 0.129. The van der Waals surface area contributed by atoms with E-state index in [1.807, 2.05) is 121 Å². The molecule has 0 fully saturated rings. The number of aromatic hydroxyl groups is 2. The van der Waals surface area contributed by atoms with Gasteiger partial charge < -0.3 is 29.2 Å². The van der Waals surface area contributed by atoms with Gasteiger partial charge in [-0.3, -0.25) is 9.59 Å². The van der Waals surface area contributed by atoms with Gasteiger partial charge in [0.05, 0.1) is 11.1 Å². The Morgan fingerprint density at radius 3 is 0.985 bits per heavy atom. The van der Waals surface area contributed by atoms with E-state index in [0.717, 1.165) is 22.3 Å². The van der Waals surface area contributed by atoms with Crippen molar-refractivity contribution in [3.63, 3.8) is 0 Å². The van der Waals surface area contributed by atoms with Crippen LogP contribution in [-0.2, 0) is 19.1 Å². The van der Waals surface area contributed by atoms with Crippen LogP contribution in [0.2, 0.25) is 0 Å². The molecule has 8 aromatic rings. The van der Waals surface area contributed by atoms with Crippen LogP contribution in [0.4, 0.5) is 0 Å². The van der Waals surface area contributed by atoms with Gasteiger partial charge >= 0.3 is 11.9 Å². The normalized spacial score (nSPS) is 10.8. The molecular formula is C52H44N6O8. The molecule has 14 nitrogen and oxygen atoms in total. The smallest absolute Gasteiger partial charge is 0.305 e. The van der Waals surface area contributed by atoms with Crippen molar-refractivity contribution in [2.45, 2.75) is 25.7 Å². The fourth-order valence-corrected chi connectivity index (χ4v) is 6.75. The van der Waals surface area contributed by atoms with Crippen molar-refractivity contribution in [3.05, 3.63) is 158 Å². The molecule has 0 aliphatic rings. The lowest BCUT2D eigenvalue weighted by molar-refractivity contribution is -0.146. The van der Waals surface area contributed by atoms with E-state index < -0.39 is 11.9 Å². The van der Waals surface area contributed by atoms with Gasteiger partial charge in [-0.1, -0.05) is 121 Å². The number of aromatic nitrogens is 6. The lowest BCUT2D eigenvalue weighted by atomic mass is 10.1. The van der Waals surface area contributed by atoms with E-state index in [2.05, 4.69) is 29.9 Å². The molecule has 8 rings (SSSR count). The Morgan fingerprint density at radius 1 is 0.379 bits per heavy atom. The first-order valence-corrected chi connectivity index (χ1v) is 21.3. The van der Waals surface area contributed by atoms with E-state index in [9.17, 15) is 19.8 Å². The standard InChI is InChI=1S/C52H44N6O8/c59-43-33-39(25-27-41(43)51-55-47(35-15-5-1-6-16-35)53-48(56-51)36-17-7-2-8-18-36)63-29-31-65-45(61)23-13-14-24-46(62)66-32-30-64-40-26-28-42(44(60)34-40)52-57-49(37-19-9-3-10-20-37)54-50(58-52)38-21-11-4-12-22-38/h1-12,15-22,25-28,33-34,59-60H,13-14,23-24,29-32H2. The first kappa shape index (κ1) is 44.1. The quantitative estimate of drug-likeness (QED) is 0.0577. The molecule has 0 amide bonds. The van der Waals surface area contributed by atoms with Crippen LogP contribution in [-0.4, -0.2) is 78.5 Å². The highest BCUT2D eigenvalue weighted by Crippen LogP contribution is 2.34. The van der Waals surface area contributed by atoms with Crippen LogP contribution in [0.5, 0.6) is 23.0 Å². The van der Waals surface area contributed by atoms with Crippen molar-refractivity contribution in [1.82, 2.24) is 29.9 Å². The van der Waals surface area contributed by atoms with Crippen molar-refractivity contribution in [2.75, 3.05) is 26.4 Å². The summed E-state index contributed by atoms with van der Waals surface area (Å²) in [5, 5.41) is 22.0. The maximum Gasteiger partial charge on any atom is 0.305 e. The first-order chi connectivity index (χ1) is 32.4. The third-order valence-corrected chi connectivity index (χ3v) is 10.1. The monoisotopic (exact) mass is 880 g/mol. The lowest BCUT2D eigenvalue weighted by Crippen LogP contribution is -2.13. The lowest BCUT2D eigenvalue weighted by Gasteiger charge is -2.11. The van der Waals surface area contributed by atoms with Gasteiger partial charge in [-0.25, -0.2) is 29.9 Å². The minimum Gasteiger partial charge on any atom is -0.507 e. The van der Waals surface area contributed by atoms with Crippen molar-refractivity contribution in [3.8, 4) is 91.3 Å². The number of hydrogen-bond donors (Lipinski definition) is 2. The number of nitrogens with zero attached hydrogens (tertiary/aromatic N) is 6. The summed E-state index contributed by atoms with van der Waals surface area (Å²) < 4.78 is 22.1. The second-order valence-electron chi connectivity index (χ2n) is 14.8. The summed E-state index contributed by atoms with van der Waals surface area (Å²) in [4.78, 5) is 52.7. The van der Waals surface area contributed by atoms with E-state index in [1.165, 1.54) is 12.1 Å². The molecular weight excluding hydrogens is 837 g/mol. The molecule has 0 aliphatic heterocycles. The van der Waals surface area contributed by atoms with Crippen LogP contribution in [0.25, 0.3) is 68.3 Å². The van der Waals surface area contributed by atoms with Gasteiger partial charge in [0.25, 0.3) is 0 Å². The SMILES string of the molecule is O=C(CCCCC(=O)OCCOc1ccc(-c2nc(-c3ccccc3)nc(-c3ccccc3)n2)c(O)c1)OCCOc1ccc(-c2nc(-c3ccccc3)nc(-c3ccccc3)n2)c(O)c1. The number of carbonyl (C=O) groups excluding carboxylic acids is 2. The first-order valence-electron chi connectivity index (χ1n) is 21.3. The highest BCUT2D eigenvalue weighted by molar-refractivity contribution is 5.73. The molecule has 2 N–H and O–H groups in total. The number of unbranched alkanes of at least 4 members (excludes halogenated alkanes) is 1. The molecule has 330 valence electrons. The fraction of sp³-hybridized carbons (Fsp3) is 0.154. The second kappa shape index (κ2) is 21.7. The van der Waals surface area contributed by atoms with E-state index in [-0.39, 0.29) is 50.8 Å². The third-order valence-electron chi connectivity index (χ3n) is 10.1. The van der Waals surface area contributed by atoms with Crippen LogP contribution < -0.4 is 9.47 Å². The van der Waals surface area contributed by atoms with Crippen molar-refractivity contribution in [1.29, 1.82) is 0 Å². The third kappa shape index (κ3) is 11.7. The molecule has 14 heteroatoms. The van der Waals surface area contributed by atoms with Crippen LogP contribution in [0.1, 0.15) is 25.7 Å². The predicted molar refractivity (Wildman–Crippen MR) is 247 cm³/mol. The Bertz CT molecular complexity index is 2580. The van der Waals surface area contributed by atoms with Gasteiger partial charge in [-0.2, -0.15) is 0 Å². The minimum absolute atomic E-state index is 0.000118. The number of carbonyl (C=O) groups is 2.